The molecular formula is C14H19N3O5S. The number of nitrogens with zero attached hydrogens (tertiary/aromatic N) is 2. The number of benzene rings is 1. The number of nitro benzene ring substituents is 1. The van der Waals surface area contributed by atoms with Crippen LogP contribution in [-0.2, 0) is 10.0 Å². The van der Waals surface area contributed by atoms with Crippen LogP contribution in [0.4, 0.5) is 5.69 Å². The highest BCUT2D eigenvalue weighted by molar-refractivity contribution is 7.89. The van der Waals surface area contributed by atoms with E-state index in [9.17, 15) is 18.5 Å². The van der Waals surface area contributed by atoms with Crippen LogP contribution < -0.4 is 10.1 Å². The lowest BCUT2D eigenvalue weighted by molar-refractivity contribution is -0.387. The number of methoxy groups -OCH3 is 1. The lowest BCUT2D eigenvalue weighted by atomic mass is 10.1. The van der Waals surface area contributed by atoms with E-state index in [0.29, 0.717) is 6.54 Å². The van der Waals surface area contributed by atoms with Gasteiger partial charge in [-0.25, -0.2) is 8.42 Å². The Morgan fingerprint density at radius 1 is 1.30 bits per heavy atom. The Kier molecular flexibility index (Phi) is 4.26. The molecule has 126 valence electrons. The number of nitrogens with one attached hydrogen (secondary N) is 1. The molecule has 9 heteroatoms. The van der Waals surface area contributed by atoms with Crippen molar-refractivity contribution in [3.05, 3.63) is 28.3 Å². The van der Waals surface area contributed by atoms with Gasteiger partial charge in [-0.1, -0.05) is 0 Å². The van der Waals surface area contributed by atoms with Gasteiger partial charge in [0.1, 0.15) is 5.75 Å². The minimum atomic E-state index is -3.93. The Bertz CT molecular complexity index is 707. The van der Waals surface area contributed by atoms with Gasteiger partial charge in [-0.05, 0) is 37.9 Å². The lowest BCUT2D eigenvalue weighted by Crippen LogP contribution is -2.42. The molecule has 2 heterocycles. The Morgan fingerprint density at radius 3 is 2.74 bits per heavy atom. The zero-order chi connectivity index (χ0) is 16.6. The molecule has 0 saturated carbocycles. The Balaban J connectivity index is 2.08. The molecule has 2 aliphatic rings. The van der Waals surface area contributed by atoms with E-state index in [2.05, 4.69) is 5.32 Å². The van der Waals surface area contributed by atoms with Crippen molar-refractivity contribution in [3.8, 4) is 5.75 Å². The molecule has 8 nitrogen and oxygen atoms in total. The van der Waals surface area contributed by atoms with E-state index in [1.807, 2.05) is 0 Å². The molecule has 23 heavy (non-hydrogen) atoms. The van der Waals surface area contributed by atoms with Crippen LogP contribution in [0.3, 0.4) is 0 Å². The summed E-state index contributed by atoms with van der Waals surface area (Å²) >= 11 is 0. The number of rotatable bonds is 4. The highest BCUT2D eigenvalue weighted by atomic mass is 32.2. The average molecular weight is 341 g/mol. The maximum absolute atomic E-state index is 13.1. The van der Waals surface area contributed by atoms with Crippen LogP contribution in [0.1, 0.15) is 19.3 Å². The molecule has 0 aliphatic carbocycles. The summed E-state index contributed by atoms with van der Waals surface area (Å²) < 4.78 is 32.6. The fourth-order valence-electron chi connectivity index (χ4n) is 3.43. The summed E-state index contributed by atoms with van der Waals surface area (Å²) in [6.07, 6.45) is 2.30. The number of nitro groups is 1. The van der Waals surface area contributed by atoms with Crippen LogP contribution in [0.2, 0.25) is 0 Å². The summed E-state index contributed by atoms with van der Waals surface area (Å²) in [7, 11) is -2.54. The van der Waals surface area contributed by atoms with Crippen molar-refractivity contribution in [2.45, 2.75) is 36.2 Å². The zero-order valence-corrected chi connectivity index (χ0v) is 13.6. The third-order valence-corrected chi connectivity index (χ3v) is 6.56. The van der Waals surface area contributed by atoms with E-state index in [-0.39, 0.29) is 22.7 Å². The van der Waals surface area contributed by atoms with Gasteiger partial charge in [-0.15, -0.1) is 0 Å². The topological polar surface area (TPSA) is 102 Å². The quantitative estimate of drug-likeness (QED) is 0.650. The Hall–Kier alpha value is -1.71. The number of fused-ring (bicyclic) bond motifs is 2. The fourth-order valence-corrected chi connectivity index (χ4v) is 5.47. The molecule has 2 unspecified atom stereocenters. The van der Waals surface area contributed by atoms with Crippen LogP contribution in [-0.4, -0.2) is 49.9 Å². The Labute approximate surface area is 134 Å². The van der Waals surface area contributed by atoms with Crippen LogP contribution >= 0.6 is 0 Å². The number of sulfonamides is 1. The second-order valence-electron chi connectivity index (χ2n) is 5.80. The lowest BCUT2D eigenvalue weighted by Gasteiger charge is -2.26. The molecule has 0 radical (unpaired) electrons. The van der Waals surface area contributed by atoms with Gasteiger partial charge in [0.25, 0.3) is 5.69 Å². The summed E-state index contributed by atoms with van der Waals surface area (Å²) in [5, 5.41) is 14.5. The van der Waals surface area contributed by atoms with Gasteiger partial charge in [-0.3, -0.25) is 10.1 Å². The van der Waals surface area contributed by atoms with Gasteiger partial charge < -0.3 is 10.1 Å². The van der Waals surface area contributed by atoms with Crippen molar-refractivity contribution in [3.63, 3.8) is 0 Å². The van der Waals surface area contributed by atoms with Gasteiger partial charge in [0.05, 0.1) is 18.1 Å². The molecule has 3 rings (SSSR count). The van der Waals surface area contributed by atoms with Crippen molar-refractivity contribution < 1.29 is 18.1 Å². The second-order valence-corrected chi connectivity index (χ2v) is 7.62. The predicted octanol–water partition coefficient (Wildman–Crippen LogP) is 1.12. The highest BCUT2D eigenvalue weighted by Gasteiger charge is 2.45. The third kappa shape index (κ3) is 2.79. The van der Waals surface area contributed by atoms with Gasteiger partial charge >= 0.3 is 0 Å². The molecule has 0 amide bonds. The SMILES string of the molecule is COc1ccc(S(=O)(=O)N2C3CCNCC2CC3)c([N+](=O)[O-])c1. The van der Waals surface area contributed by atoms with Crippen molar-refractivity contribution in [2.75, 3.05) is 20.2 Å². The molecule has 1 N–H and O–H groups in total. The van der Waals surface area contributed by atoms with Gasteiger partial charge in [-0.2, -0.15) is 4.31 Å². The first kappa shape index (κ1) is 16.2. The largest absolute Gasteiger partial charge is 0.497 e. The summed E-state index contributed by atoms with van der Waals surface area (Å²) in [6.45, 7) is 1.34. The molecule has 2 saturated heterocycles. The minimum Gasteiger partial charge on any atom is -0.497 e. The smallest absolute Gasteiger partial charge is 0.293 e. The summed E-state index contributed by atoms with van der Waals surface area (Å²) in [6, 6.07) is 3.63. The minimum absolute atomic E-state index is 0.0956. The van der Waals surface area contributed by atoms with E-state index in [0.717, 1.165) is 31.9 Å². The number of hydrogen-bond acceptors (Lipinski definition) is 6. The molecule has 1 aromatic carbocycles. The van der Waals surface area contributed by atoms with Crippen molar-refractivity contribution in [2.24, 2.45) is 0 Å². The van der Waals surface area contributed by atoms with Crippen molar-refractivity contribution >= 4 is 15.7 Å². The van der Waals surface area contributed by atoms with Gasteiger partial charge in [0.2, 0.25) is 10.0 Å². The molecule has 2 aliphatic heterocycles. The highest BCUT2D eigenvalue weighted by Crippen LogP contribution is 2.37. The molecular weight excluding hydrogens is 322 g/mol. The van der Waals surface area contributed by atoms with Crippen LogP contribution in [0, 0.1) is 10.1 Å². The zero-order valence-electron chi connectivity index (χ0n) is 12.8. The Morgan fingerprint density at radius 2 is 2.04 bits per heavy atom. The first-order chi connectivity index (χ1) is 10.9. The second kappa shape index (κ2) is 6.06. The van der Waals surface area contributed by atoms with Crippen molar-refractivity contribution in [1.82, 2.24) is 9.62 Å². The summed E-state index contributed by atoms with van der Waals surface area (Å²) in [4.78, 5) is 10.4. The first-order valence-corrected chi connectivity index (χ1v) is 8.96. The maximum Gasteiger partial charge on any atom is 0.293 e. The fraction of sp³-hybridized carbons (Fsp3) is 0.571. The van der Waals surface area contributed by atoms with Crippen LogP contribution in [0.15, 0.2) is 23.1 Å². The standard InChI is InChI=1S/C14H19N3O5S/c1-22-12-4-5-14(13(8-12)17(18)19)23(20,21)16-10-2-3-11(16)9-15-7-6-10/h4-5,8,10-11,15H,2-3,6-7,9H2,1H3. The van der Waals surface area contributed by atoms with Gasteiger partial charge in [0, 0.05) is 18.6 Å². The van der Waals surface area contributed by atoms with E-state index in [1.165, 1.54) is 23.5 Å². The van der Waals surface area contributed by atoms with Crippen molar-refractivity contribution in [1.29, 1.82) is 0 Å². The third-order valence-electron chi connectivity index (χ3n) is 4.51. The molecule has 1 aromatic rings. The van der Waals surface area contributed by atoms with E-state index in [1.54, 1.807) is 0 Å². The monoisotopic (exact) mass is 341 g/mol. The van der Waals surface area contributed by atoms with Crippen LogP contribution in [0.5, 0.6) is 5.75 Å². The first-order valence-electron chi connectivity index (χ1n) is 7.52. The number of ether oxygens (including phenoxy) is 1. The molecule has 2 atom stereocenters. The summed E-state index contributed by atoms with van der Waals surface area (Å²) in [5.41, 5.74) is -0.444. The molecule has 0 aromatic heterocycles. The van der Waals surface area contributed by atoms with Gasteiger partial charge in [0.15, 0.2) is 4.90 Å². The van der Waals surface area contributed by atoms with E-state index >= 15 is 0 Å². The van der Waals surface area contributed by atoms with Crippen LogP contribution in [0.25, 0.3) is 0 Å². The normalized spacial score (nSPS) is 25.1. The molecule has 0 spiro atoms. The predicted molar refractivity (Wildman–Crippen MR) is 83.0 cm³/mol. The summed E-state index contributed by atoms with van der Waals surface area (Å²) in [5.74, 6) is 0.260. The molecule has 2 fully saturated rings. The maximum atomic E-state index is 13.1. The number of hydrogen-bond donors (Lipinski definition) is 1. The average Bonchev–Trinajstić information content (AvgIpc) is 2.80. The molecule has 2 bridgehead atoms. The van der Waals surface area contributed by atoms with E-state index in [4.69, 9.17) is 4.74 Å². The van der Waals surface area contributed by atoms with E-state index < -0.39 is 20.6 Å².